The minimum absolute atomic E-state index is 0.276. The molecule has 8 heteroatoms. The Hall–Kier alpha value is -1.93. The summed E-state index contributed by atoms with van der Waals surface area (Å²) in [5.41, 5.74) is 3.26. The minimum atomic E-state index is -1.09. The van der Waals surface area contributed by atoms with Gasteiger partial charge in [-0.25, -0.2) is 9.80 Å². The van der Waals surface area contributed by atoms with Gasteiger partial charge in [-0.05, 0) is 6.42 Å². The monoisotopic (exact) mass is 310 g/mol. The van der Waals surface area contributed by atoms with Gasteiger partial charge in [0.05, 0.1) is 13.2 Å². The van der Waals surface area contributed by atoms with Gasteiger partial charge in [-0.15, -0.1) is 0 Å². The van der Waals surface area contributed by atoms with Crippen LogP contribution in [0.5, 0.6) is 0 Å². The number of ether oxygens (including phenoxy) is 1. The maximum Gasteiger partial charge on any atom is 0.330 e. The number of morpholine rings is 1. The van der Waals surface area contributed by atoms with Crippen molar-refractivity contribution in [1.29, 1.82) is 0 Å². The van der Waals surface area contributed by atoms with Gasteiger partial charge in [0.1, 0.15) is 0 Å². The van der Waals surface area contributed by atoms with Crippen molar-refractivity contribution in [3.63, 3.8) is 0 Å². The molecular formula is C14H22N4O4. The van der Waals surface area contributed by atoms with Gasteiger partial charge in [-0.1, -0.05) is 19.9 Å². The van der Waals surface area contributed by atoms with Crippen molar-refractivity contribution < 1.29 is 19.1 Å². The molecule has 2 heterocycles. The van der Waals surface area contributed by atoms with E-state index in [-0.39, 0.29) is 5.70 Å². The summed E-state index contributed by atoms with van der Waals surface area (Å²) in [6, 6.07) is -0.654. The number of imide groups is 2. The summed E-state index contributed by atoms with van der Waals surface area (Å²) >= 11 is 0. The van der Waals surface area contributed by atoms with Crippen LogP contribution in [0.15, 0.2) is 12.3 Å². The molecule has 0 spiro atoms. The summed E-state index contributed by atoms with van der Waals surface area (Å²) < 4.78 is 5.23. The number of carbonyl (C=O) groups excluding carboxylic acids is 3. The van der Waals surface area contributed by atoms with E-state index in [2.05, 4.69) is 17.3 Å². The third-order valence-corrected chi connectivity index (χ3v) is 3.65. The van der Waals surface area contributed by atoms with E-state index in [1.807, 2.05) is 11.9 Å². The lowest BCUT2D eigenvalue weighted by atomic mass is 10.0. The van der Waals surface area contributed by atoms with Crippen LogP contribution in [0, 0.1) is 5.92 Å². The lowest BCUT2D eigenvalue weighted by molar-refractivity contribution is -0.141. The lowest BCUT2D eigenvalue weighted by Crippen LogP contribution is -2.60. The maximum absolute atomic E-state index is 12.4. The largest absolute Gasteiger partial charge is 0.379 e. The molecule has 0 unspecified atom stereocenters. The third-order valence-electron chi connectivity index (χ3n) is 3.65. The smallest absolute Gasteiger partial charge is 0.330 e. The molecule has 0 aliphatic carbocycles. The Labute approximate surface area is 129 Å². The Bertz CT molecular complexity index is 473. The predicted molar refractivity (Wildman–Crippen MR) is 78.3 cm³/mol. The van der Waals surface area contributed by atoms with Gasteiger partial charge in [0, 0.05) is 25.3 Å². The normalized spacial score (nSPS) is 23.4. The number of carbonyl (C=O) groups is 3. The van der Waals surface area contributed by atoms with Gasteiger partial charge in [0.15, 0.2) is 5.92 Å². The van der Waals surface area contributed by atoms with Gasteiger partial charge in [0.25, 0.3) is 0 Å². The average Bonchev–Trinajstić information content (AvgIpc) is 2.47. The molecule has 2 saturated heterocycles. The summed E-state index contributed by atoms with van der Waals surface area (Å²) in [7, 11) is 0. The van der Waals surface area contributed by atoms with Crippen LogP contribution in [0.25, 0.3) is 0 Å². The number of urea groups is 1. The Morgan fingerprint density at radius 2 is 2.05 bits per heavy atom. The number of hydrogen-bond acceptors (Lipinski definition) is 6. The minimum Gasteiger partial charge on any atom is -0.379 e. The number of nitrogens with one attached hydrogen (secondary N) is 2. The average molecular weight is 310 g/mol. The third kappa shape index (κ3) is 3.63. The number of nitrogens with zero attached hydrogens (tertiary/aromatic N) is 2. The number of hydrogen-bond donors (Lipinski definition) is 2. The molecule has 0 saturated carbocycles. The van der Waals surface area contributed by atoms with Gasteiger partial charge in [-0.3, -0.25) is 19.8 Å². The molecule has 1 atom stereocenters. The van der Waals surface area contributed by atoms with E-state index in [1.54, 1.807) is 0 Å². The van der Waals surface area contributed by atoms with Crippen molar-refractivity contribution in [3.8, 4) is 0 Å². The van der Waals surface area contributed by atoms with Gasteiger partial charge < -0.3 is 10.2 Å². The van der Waals surface area contributed by atoms with E-state index in [0.717, 1.165) is 11.3 Å². The second kappa shape index (κ2) is 7.37. The number of hydrazine groups is 1. The fraction of sp³-hybridized carbons (Fsp3) is 0.643. The molecule has 8 nitrogen and oxygen atoms in total. The van der Waals surface area contributed by atoms with Crippen molar-refractivity contribution >= 4 is 17.8 Å². The maximum atomic E-state index is 12.4. The van der Waals surface area contributed by atoms with Gasteiger partial charge >= 0.3 is 6.03 Å². The molecule has 4 amide bonds. The number of barbiturate groups is 1. The van der Waals surface area contributed by atoms with Crippen molar-refractivity contribution in [2.45, 2.75) is 19.8 Å². The zero-order valence-electron chi connectivity index (χ0n) is 12.8. The van der Waals surface area contributed by atoms with Crippen molar-refractivity contribution in [2.75, 3.05) is 32.8 Å². The Morgan fingerprint density at radius 1 is 1.36 bits per heavy atom. The molecule has 0 bridgehead atoms. The molecule has 22 heavy (non-hydrogen) atoms. The first-order valence-electron chi connectivity index (χ1n) is 7.49. The summed E-state index contributed by atoms with van der Waals surface area (Å²) in [6.45, 7) is 8.50. The first kappa shape index (κ1) is 16.4. The van der Waals surface area contributed by atoms with Gasteiger partial charge in [-0.2, -0.15) is 0 Å². The standard InChI is InChI=1S/C14H22N4O4/c1-3-4-5-18-13(20)11(12(19)15-14(18)21)10(2)16-17-6-8-22-9-7-17/h11,16H,2-9H2,1H3,(H,15,19,21)/t11-/m0/s1. The second-order valence-corrected chi connectivity index (χ2v) is 5.31. The predicted octanol–water partition coefficient (Wildman–Crippen LogP) is -0.168. The zero-order chi connectivity index (χ0) is 16.1. The number of rotatable bonds is 6. The summed E-state index contributed by atoms with van der Waals surface area (Å²) in [5, 5.41) is 4.07. The molecular weight excluding hydrogens is 288 g/mol. The van der Waals surface area contributed by atoms with Crippen LogP contribution in [0.3, 0.4) is 0 Å². The molecule has 0 aromatic heterocycles. The zero-order valence-corrected chi connectivity index (χ0v) is 12.8. The Kier molecular flexibility index (Phi) is 5.51. The molecule has 2 rings (SSSR count). The van der Waals surface area contributed by atoms with Crippen LogP contribution < -0.4 is 10.7 Å². The van der Waals surface area contributed by atoms with Crippen LogP contribution in [0.4, 0.5) is 4.79 Å². The van der Waals surface area contributed by atoms with Crippen LogP contribution in [-0.4, -0.2) is 60.6 Å². The molecule has 2 fully saturated rings. The first-order valence-corrected chi connectivity index (χ1v) is 7.49. The highest BCUT2D eigenvalue weighted by molar-refractivity contribution is 6.17. The van der Waals surface area contributed by atoms with Crippen LogP contribution >= 0.6 is 0 Å². The lowest BCUT2D eigenvalue weighted by Gasteiger charge is -2.34. The Balaban J connectivity index is 2.03. The molecule has 122 valence electrons. The quantitative estimate of drug-likeness (QED) is 0.662. The number of amides is 4. The highest BCUT2D eigenvalue weighted by Crippen LogP contribution is 2.17. The summed E-state index contributed by atoms with van der Waals surface area (Å²) in [6.07, 6.45) is 1.55. The van der Waals surface area contributed by atoms with Crippen LogP contribution in [0.1, 0.15) is 19.8 Å². The van der Waals surface area contributed by atoms with Crippen molar-refractivity contribution in [1.82, 2.24) is 20.7 Å². The molecule has 0 aromatic carbocycles. The fourth-order valence-corrected chi connectivity index (χ4v) is 2.39. The highest BCUT2D eigenvalue weighted by atomic mass is 16.5. The van der Waals surface area contributed by atoms with E-state index in [9.17, 15) is 14.4 Å². The highest BCUT2D eigenvalue weighted by Gasteiger charge is 2.42. The summed E-state index contributed by atoms with van der Waals surface area (Å²) in [4.78, 5) is 37.3. The summed E-state index contributed by atoms with van der Waals surface area (Å²) in [5.74, 6) is -2.24. The van der Waals surface area contributed by atoms with Crippen LogP contribution in [-0.2, 0) is 14.3 Å². The SMILES string of the molecule is C=C(NN1CCOCC1)[C@H]1C(=O)NC(=O)N(CCCC)C1=O. The Morgan fingerprint density at radius 3 is 2.68 bits per heavy atom. The van der Waals surface area contributed by atoms with E-state index in [1.165, 1.54) is 0 Å². The molecule has 2 aliphatic heterocycles. The number of unbranched alkanes of at least 4 members (excludes halogenated alkanes) is 1. The molecule has 2 N–H and O–H groups in total. The molecule has 2 aliphatic rings. The van der Waals surface area contributed by atoms with E-state index >= 15 is 0 Å². The van der Waals surface area contributed by atoms with Crippen molar-refractivity contribution in [3.05, 3.63) is 12.3 Å². The van der Waals surface area contributed by atoms with E-state index in [4.69, 9.17) is 4.74 Å². The first-order chi connectivity index (χ1) is 10.5. The fourth-order valence-electron chi connectivity index (χ4n) is 2.39. The molecule has 0 radical (unpaired) electrons. The van der Waals surface area contributed by atoms with E-state index < -0.39 is 23.8 Å². The topological polar surface area (TPSA) is 91.0 Å². The molecule has 0 aromatic rings. The van der Waals surface area contributed by atoms with Gasteiger partial charge in [0.2, 0.25) is 11.8 Å². The second-order valence-electron chi connectivity index (χ2n) is 5.31. The van der Waals surface area contributed by atoms with Crippen LogP contribution in [0.2, 0.25) is 0 Å². The van der Waals surface area contributed by atoms with Crippen molar-refractivity contribution in [2.24, 2.45) is 5.92 Å². The van der Waals surface area contributed by atoms with E-state index in [0.29, 0.717) is 39.3 Å².